The first-order valence-electron chi connectivity index (χ1n) is 9.50. The minimum atomic E-state index is -0.180. The minimum absolute atomic E-state index is 0.0525. The van der Waals surface area contributed by atoms with Gasteiger partial charge >= 0.3 is 0 Å². The highest BCUT2D eigenvalue weighted by Crippen LogP contribution is 2.33. The number of hydrogen-bond donors (Lipinski definition) is 0. The average Bonchev–Trinajstić information content (AvgIpc) is 3.37. The summed E-state index contributed by atoms with van der Waals surface area (Å²) in [7, 11) is 3.42. The van der Waals surface area contributed by atoms with Gasteiger partial charge in [0.1, 0.15) is 11.5 Å². The van der Waals surface area contributed by atoms with E-state index < -0.39 is 0 Å². The Morgan fingerprint density at radius 1 is 1.17 bits per heavy atom. The zero-order valence-corrected chi connectivity index (χ0v) is 16.7. The van der Waals surface area contributed by atoms with Crippen molar-refractivity contribution in [1.29, 1.82) is 0 Å². The van der Waals surface area contributed by atoms with Crippen LogP contribution in [0.25, 0.3) is 0 Å². The van der Waals surface area contributed by atoms with Gasteiger partial charge in [-0.3, -0.25) is 9.48 Å². The summed E-state index contributed by atoms with van der Waals surface area (Å²) < 4.78 is 12.7. The summed E-state index contributed by atoms with van der Waals surface area (Å²) in [5, 5.41) is 4.10. The maximum absolute atomic E-state index is 12.9. The number of amides is 1. The third-order valence-corrected chi connectivity index (χ3v) is 4.89. The predicted octanol–water partition coefficient (Wildman–Crippen LogP) is 3.30. The molecule has 3 aromatic rings. The number of nitrogens with zero attached hydrogens (tertiary/aromatic N) is 5. The predicted molar refractivity (Wildman–Crippen MR) is 106 cm³/mol. The maximum atomic E-state index is 12.9. The molecule has 29 heavy (non-hydrogen) atoms. The molecule has 0 radical (unpaired) electrons. The number of aromatic nitrogens is 4. The lowest BCUT2D eigenvalue weighted by Gasteiger charge is -2.23. The number of methoxy groups -OCH3 is 1. The van der Waals surface area contributed by atoms with E-state index in [1.165, 1.54) is 0 Å². The normalized spacial score (nSPS) is 16.1. The van der Waals surface area contributed by atoms with Crippen molar-refractivity contribution in [2.45, 2.75) is 25.8 Å². The van der Waals surface area contributed by atoms with Crippen LogP contribution in [0.2, 0.25) is 0 Å². The lowest BCUT2D eigenvalue weighted by Crippen LogP contribution is -2.31. The van der Waals surface area contributed by atoms with Crippen LogP contribution in [0.1, 0.15) is 40.8 Å². The summed E-state index contributed by atoms with van der Waals surface area (Å²) in [6.45, 7) is 2.57. The Labute approximate surface area is 169 Å². The zero-order valence-electron chi connectivity index (χ0n) is 16.7. The fourth-order valence-electron chi connectivity index (χ4n) is 3.50. The van der Waals surface area contributed by atoms with Gasteiger partial charge in [-0.2, -0.15) is 10.1 Å². The van der Waals surface area contributed by atoms with Gasteiger partial charge in [0.05, 0.1) is 24.9 Å². The number of hydrogen-bond acceptors (Lipinski definition) is 6. The Kier molecular flexibility index (Phi) is 5.16. The second kappa shape index (κ2) is 7.90. The molecule has 1 saturated heterocycles. The summed E-state index contributed by atoms with van der Waals surface area (Å²) in [5.41, 5.74) is 1.36. The van der Waals surface area contributed by atoms with Gasteiger partial charge in [-0.15, -0.1) is 0 Å². The first-order valence-corrected chi connectivity index (χ1v) is 9.50. The largest absolute Gasteiger partial charge is 0.497 e. The van der Waals surface area contributed by atoms with E-state index in [9.17, 15) is 4.79 Å². The molecule has 1 atom stereocenters. The molecule has 1 fully saturated rings. The molecule has 0 aliphatic carbocycles. The number of carbonyl (C=O) groups is 1. The van der Waals surface area contributed by atoms with Gasteiger partial charge in [-0.05, 0) is 44.0 Å². The van der Waals surface area contributed by atoms with Crippen molar-refractivity contribution in [2.75, 3.05) is 13.7 Å². The lowest BCUT2D eigenvalue weighted by molar-refractivity contribution is 0.0729. The molecule has 150 valence electrons. The molecule has 3 heterocycles. The van der Waals surface area contributed by atoms with Gasteiger partial charge in [-0.1, -0.05) is 0 Å². The van der Waals surface area contributed by atoms with Crippen LogP contribution in [-0.4, -0.2) is 44.2 Å². The highest BCUT2D eigenvalue weighted by Gasteiger charge is 2.33. The van der Waals surface area contributed by atoms with Crippen molar-refractivity contribution >= 4 is 5.91 Å². The highest BCUT2D eigenvalue weighted by atomic mass is 16.5. The molecule has 8 heteroatoms. The van der Waals surface area contributed by atoms with Crippen LogP contribution in [0.5, 0.6) is 17.4 Å². The SMILES string of the molecule is COc1ccc(Oc2cc(C)nc([C@@H]3CCCN3C(=O)c3cnn(C)c3)n2)cc1. The van der Waals surface area contributed by atoms with E-state index in [4.69, 9.17) is 9.47 Å². The van der Waals surface area contributed by atoms with Crippen molar-refractivity contribution < 1.29 is 14.3 Å². The minimum Gasteiger partial charge on any atom is -0.497 e. The van der Waals surface area contributed by atoms with Gasteiger partial charge in [0.2, 0.25) is 5.88 Å². The Bertz CT molecular complexity index is 1020. The van der Waals surface area contributed by atoms with Crippen molar-refractivity contribution in [3.8, 4) is 17.4 Å². The van der Waals surface area contributed by atoms with E-state index in [0.29, 0.717) is 29.6 Å². The molecule has 0 spiro atoms. The Morgan fingerprint density at radius 3 is 2.62 bits per heavy atom. The number of benzene rings is 1. The summed E-state index contributed by atoms with van der Waals surface area (Å²) >= 11 is 0. The Morgan fingerprint density at radius 2 is 1.93 bits per heavy atom. The van der Waals surface area contributed by atoms with Crippen LogP contribution >= 0.6 is 0 Å². The lowest BCUT2D eigenvalue weighted by atomic mass is 10.2. The van der Waals surface area contributed by atoms with Gasteiger partial charge in [0.15, 0.2) is 5.82 Å². The van der Waals surface area contributed by atoms with E-state index in [0.717, 1.165) is 24.3 Å². The summed E-state index contributed by atoms with van der Waals surface area (Å²) in [6.07, 6.45) is 5.04. The molecule has 1 aliphatic heterocycles. The molecule has 0 saturated carbocycles. The van der Waals surface area contributed by atoms with Gasteiger partial charge < -0.3 is 14.4 Å². The Hall–Kier alpha value is -3.42. The summed E-state index contributed by atoms with van der Waals surface area (Å²) in [5.74, 6) is 2.42. The zero-order chi connectivity index (χ0) is 20.4. The van der Waals surface area contributed by atoms with Gasteiger partial charge in [-0.25, -0.2) is 4.98 Å². The fraction of sp³-hybridized carbons (Fsp3) is 0.333. The van der Waals surface area contributed by atoms with E-state index in [2.05, 4.69) is 15.1 Å². The van der Waals surface area contributed by atoms with Gasteiger partial charge in [0.25, 0.3) is 5.91 Å². The molecule has 0 N–H and O–H groups in total. The van der Waals surface area contributed by atoms with Crippen LogP contribution in [-0.2, 0) is 7.05 Å². The third-order valence-electron chi connectivity index (χ3n) is 4.89. The van der Waals surface area contributed by atoms with Crippen LogP contribution < -0.4 is 9.47 Å². The smallest absolute Gasteiger partial charge is 0.257 e. The molecular weight excluding hydrogens is 370 g/mol. The van der Waals surface area contributed by atoms with E-state index in [-0.39, 0.29) is 11.9 Å². The molecule has 1 aromatic carbocycles. The fourth-order valence-corrected chi connectivity index (χ4v) is 3.50. The Balaban J connectivity index is 1.57. The summed E-state index contributed by atoms with van der Waals surface area (Å²) in [4.78, 5) is 24.0. The van der Waals surface area contributed by atoms with E-state index >= 15 is 0 Å². The molecule has 1 aliphatic rings. The monoisotopic (exact) mass is 393 g/mol. The van der Waals surface area contributed by atoms with Crippen LogP contribution in [0.15, 0.2) is 42.7 Å². The van der Waals surface area contributed by atoms with Crippen molar-refractivity contribution in [3.63, 3.8) is 0 Å². The number of carbonyl (C=O) groups excluding carboxylic acids is 1. The first kappa shape index (κ1) is 18.9. The number of aryl methyl sites for hydroxylation is 2. The van der Waals surface area contributed by atoms with Crippen molar-refractivity contribution in [1.82, 2.24) is 24.6 Å². The average molecular weight is 393 g/mol. The van der Waals surface area contributed by atoms with E-state index in [1.807, 2.05) is 36.1 Å². The molecule has 2 aromatic heterocycles. The van der Waals surface area contributed by atoms with Crippen LogP contribution in [0, 0.1) is 6.92 Å². The summed E-state index contributed by atoms with van der Waals surface area (Å²) in [6, 6.07) is 8.91. The highest BCUT2D eigenvalue weighted by molar-refractivity contribution is 5.94. The van der Waals surface area contributed by atoms with Crippen LogP contribution in [0.3, 0.4) is 0 Å². The molecule has 8 nitrogen and oxygen atoms in total. The van der Waals surface area contributed by atoms with Crippen LogP contribution in [0.4, 0.5) is 0 Å². The topological polar surface area (TPSA) is 82.4 Å². The third kappa shape index (κ3) is 4.06. The van der Waals surface area contributed by atoms with Crippen molar-refractivity contribution in [2.24, 2.45) is 7.05 Å². The van der Waals surface area contributed by atoms with Gasteiger partial charge in [0, 0.05) is 31.5 Å². The van der Waals surface area contributed by atoms with E-state index in [1.54, 1.807) is 37.3 Å². The molecule has 1 amide bonds. The molecule has 4 rings (SSSR count). The second-order valence-electron chi connectivity index (χ2n) is 7.04. The number of ether oxygens (including phenoxy) is 2. The molecular formula is C21H23N5O3. The number of likely N-dealkylation sites (tertiary alicyclic amines) is 1. The van der Waals surface area contributed by atoms with Crippen molar-refractivity contribution in [3.05, 3.63) is 59.8 Å². The second-order valence-corrected chi connectivity index (χ2v) is 7.04. The number of rotatable bonds is 5. The maximum Gasteiger partial charge on any atom is 0.257 e. The molecule has 0 unspecified atom stereocenters. The standard InChI is InChI=1S/C21H23N5O3/c1-14-11-19(29-17-8-6-16(28-3)7-9-17)24-20(23-14)18-5-4-10-26(18)21(27)15-12-22-25(2)13-15/h6-9,11-13,18H,4-5,10H2,1-3H3/t18-/m0/s1. The first-order chi connectivity index (χ1) is 14.0. The quantitative estimate of drug-likeness (QED) is 0.661. The molecule has 0 bridgehead atoms.